The summed E-state index contributed by atoms with van der Waals surface area (Å²) in [5.74, 6) is -1.48. The number of aryl methyl sites for hydroxylation is 2. The highest BCUT2D eigenvalue weighted by Gasteiger charge is 2.30. The fourth-order valence-electron chi connectivity index (χ4n) is 3.98. The summed E-state index contributed by atoms with van der Waals surface area (Å²) < 4.78 is 11.5. The van der Waals surface area contributed by atoms with Crippen LogP contribution in [0.5, 0.6) is 0 Å². The molecule has 0 radical (unpaired) electrons. The van der Waals surface area contributed by atoms with E-state index >= 15 is 0 Å². The van der Waals surface area contributed by atoms with Crippen molar-refractivity contribution in [2.45, 2.75) is 59.1 Å². The maximum Gasteiger partial charge on any atom is 0.423 e. The summed E-state index contributed by atoms with van der Waals surface area (Å²) in [6.07, 6.45) is 3.00. The second kappa shape index (κ2) is 12.1. The third kappa shape index (κ3) is 6.20. The number of esters is 1. The van der Waals surface area contributed by atoms with Crippen LogP contribution >= 0.6 is 0 Å². The lowest BCUT2D eigenvalue weighted by atomic mass is 10.1. The van der Waals surface area contributed by atoms with Crippen LogP contribution in [0.4, 0.5) is 16.3 Å². The first kappa shape index (κ1) is 28.5. The van der Waals surface area contributed by atoms with E-state index < -0.39 is 25.0 Å². The van der Waals surface area contributed by atoms with E-state index in [4.69, 9.17) is 9.47 Å². The average molecular weight is 553 g/mol. The Kier molecular flexibility index (Phi) is 8.63. The van der Waals surface area contributed by atoms with E-state index in [-0.39, 0.29) is 29.4 Å². The zero-order chi connectivity index (χ0) is 29.0. The summed E-state index contributed by atoms with van der Waals surface area (Å²) in [5, 5.41) is 19.4. The molecule has 4 rings (SSSR count). The number of aromatic nitrogens is 3. The van der Waals surface area contributed by atoms with Gasteiger partial charge in [0, 0.05) is 24.3 Å². The van der Waals surface area contributed by atoms with Crippen molar-refractivity contribution in [2.75, 3.05) is 18.2 Å². The van der Waals surface area contributed by atoms with Gasteiger partial charge in [-0.2, -0.15) is 5.10 Å². The molecule has 0 bridgehead atoms. The number of hydrogen-bond acceptors (Lipinski definition) is 9. The third-order valence-electron chi connectivity index (χ3n) is 6.33. The SMILES string of the molecule is CCCNC(=O)c1ccc(C)c(N(C(=O)OCOC(=O)C(C)O)c2ncnn3cc(C(=O)NC4CC4)c(C)c23)c1. The molecule has 2 aromatic heterocycles. The van der Waals surface area contributed by atoms with Crippen molar-refractivity contribution in [1.82, 2.24) is 25.2 Å². The van der Waals surface area contributed by atoms with E-state index in [1.807, 2.05) is 6.92 Å². The van der Waals surface area contributed by atoms with Gasteiger partial charge in [-0.25, -0.2) is 24.0 Å². The van der Waals surface area contributed by atoms with Gasteiger partial charge < -0.3 is 25.2 Å². The van der Waals surface area contributed by atoms with E-state index in [2.05, 4.69) is 20.7 Å². The van der Waals surface area contributed by atoms with E-state index in [9.17, 15) is 24.3 Å². The van der Waals surface area contributed by atoms with Crippen molar-refractivity contribution in [1.29, 1.82) is 0 Å². The highest BCUT2D eigenvalue weighted by Crippen LogP contribution is 2.34. The highest BCUT2D eigenvalue weighted by molar-refractivity contribution is 6.05. The molecule has 2 heterocycles. The minimum atomic E-state index is -1.40. The summed E-state index contributed by atoms with van der Waals surface area (Å²) in [5.41, 5.74) is 2.45. The van der Waals surface area contributed by atoms with Crippen LogP contribution < -0.4 is 15.5 Å². The molecule has 1 saturated carbocycles. The van der Waals surface area contributed by atoms with Crippen LogP contribution in [0.1, 0.15) is 65.0 Å². The number of benzene rings is 1. The number of ether oxygens (including phenoxy) is 2. The number of aliphatic hydroxyl groups is 1. The molecule has 1 aromatic carbocycles. The number of anilines is 2. The number of carbonyl (C=O) groups is 4. The number of aliphatic hydroxyl groups excluding tert-OH is 1. The van der Waals surface area contributed by atoms with Crippen molar-refractivity contribution in [3.05, 3.63) is 53.0 Å². The van der Waals surface area contributed by atoms with Gasteiger partial charge in [-0.05, 0) is 63.3 Å². The van der Waals surface area contributed by atoms with Crippen molar-refractivity contribution < 1.29 is 33.8 Å². The molecule has 1 atom stereocenters. The normalized spacial score (nSPS) is 13.4. The Morgan fingerprint density at radius 3 is 2.60 bits per heavy atom. The van der Waals surface area contributed by atoms with Gasteiger partial charge >= 0.3 is 12.1 Å². The van der Waals surface area contributed by atoms with Crippen LogP contribution in [-0.4, -0.2) is 69.1 Å². The van der Waals surface area contributed by atoms with Gasteiger partial charge in [0.05, 0.1) is 11.3 Å². The van der Waals surface area contributed by atoms with Crippen molar-refractivity contribution in [3.8, 4) is 0 Å². The Morgan fingerprint density at radius 2 is 1.93 bits per heavy atom. The number of nitrogens with zero attached hydrogens (tertiary/aromatic N) is 4. The zero-order valence-corrected chi connectivity index (χ0v) is 22.8. The molecule has 3 amide bonds. The first-order valence-electron chi connectivity index (χ1n) is 13.0. The summed E-state index contributed by atoms with van der Waals surface area (Å²) in [7, 11) is 0. The lowest BCUT2D eigenvalue weighted by Gasteiger charge is -2.24. The number of hydrogen-bond donors (Lipinski definition) is 3. The summed E-state index contributed by atoms with van der Waals surface area (Å²) >= 11 is 0. The molecule has 3 N–H and O–H groups in total. The molecule has 1 fully saturated rings. The summed E-state index contributed by atoms with van der Waals surface area (Å²) in [6, 6.07) is 4.99. The van der Waals surface area contributed by atoms with Crippen molar-refractivity contribution >= 4 is 40.9 Å². The average Bonchev–Trinajstić information content (AvgIpc) is 3.68. The largest absolute Gasteiger partial charge is 0.426 e. The highest BCUT2D eigenvalue weighted by atomic mass is 16.7. The third-order valence-corrected chi connectivity index (χ3v) is 6.33. The van der Waals surface area contributed by atoms with Crippen molar-refractivity contribution in [3.63, 3.8) is 0 Å². The molecule has 1 unspecified atom stereocenters. The fourth-order valence-corrected chi connectivity index (χ4v) is 3.98. The van der Waals surface area contributed by atoms with Gasteiger partial charge in [0.2, 0.25) is 6.79 Å². The number of amides is 3. The zero-order valence-electron chi connectivity index (χ0n) is 22.8. The van der Waals surface area contributed by atoms with Gasteiger partial charge in [0.1, 0.15) is 17.9 Å². The van der Waals surface area contributed by atoms with Crippen LogP contribution in [0.25, 0.3) is 5.52 Å². The maximum atomic E-state index is 13.6. The van der Waals surface area contributed by atoms with E-state index in [1.165, 1.54) is 23.8 Å². The maximum absolute atomic E-state index is 13.6. The molecule has 1 aliphatic rings. The minimum absolute atomic E-state index is 0.0824. The number of nitrogens with one attached hydrogen (secondary N) is 2. The van der Waals surface area contributed by atoms with Gasteiger partial charge in [0.25, 0.3) is 11.8 Å². The quantitative estimate of drug-likeness (QED) is 0.253. The van der Waals surface area contributed by atoms with Gasteiger partial charge in [-0.15, -0.1) is 0 Å². The summed E-state index contributed by atoms with van der Waals surface area (Å²) in [4.78, 5) is 56.4. The van der Waals surface area contributed by atoms with Crippen LogP contribution in [0, 0.1) is 13.8 Å². The molecule has 3 aromatic rings. The number of fused-ring (bicyclic) bond motifs is 1. The number of rotatable bonds is 10. The van der Waals surface area contributed by atoms with Crippen LogP contribution in [0.2, 0.25) is 0 Å². The first-order valence-corrected chi connectivity index (χ1v) is 13.0. The Morgan fingerprint density at radius 1 is 1.18 bits per heavy atom. The predicted molar refractivity (Wildman–Crippen MR) is 143 cm³/mol. The first-order chi connectivity index (χ1) is 19.1. The second-order valence-electron chi connectivity index (χ2n) is 9.55. The molecule has 0 aliphatic heterocycles. The summed E-state index contributed by atoms with van der Waals surface area (Å²) in [6.45, 7) is 6.32. The van der Waals surface area contributed by atoms with Crippen molar-refractivity contribution in [2.24, 2.45) is 0 Å². The van der Waals surface area contributed by atoms with Crippen LogP contribution in [-0.2, 0) is 14.3 Å². The molecule has 0 spiro atoms. The molecular formula is C27H32N6O7. The molecule has 1 aliphatic carbocycles. The molecule has 13 nitrogen and oxygen atoms in total. The van der Waals surface area contributed by atoms with E-state index in [0.717, 1.165) is 24.2 Å². The minimum Gasteiger partial charge on any atom is -0.426 e. The van der Waals surface area contributed by atoms with E-state index in [1.54, 1.807) is 32.2 Å². The predicted octanol–water partition coefficient (Wildman–Crippen LogP) is 2.53. The lowest BCUT2D eigenvalue weighted by Crippen LogP contribution is -2.31. The molecule has 212 valence electrons. The topological polar surface area (TPSA) is 164 Å². The van der Waals surface area contributed by atoms with Crippen LogP contribution in [0.15, 0.2) is 30.7 Å². The second-order valence-corrected chi connectivity index (χ2v) is 9.55. The van der Waals surface area contributed by atoms with Gasteiger partial charge in [-0.1, -0.05) is 13.0 Å². The van der Waals surface area contributed by atoms with Gasteiger partial charge in [0.15, 0.2) is 5.82 Å². The molecular weight excluding hydrogens is 520 g/mol. The lowest BCUT2D eigenvalue weighted by molar-refractivity contribution is -0.160. The standard InChI is InChI=1S/C27H32N6O7/c1-5-10-28-24(35)18-7-6-15(2)21(11-18)33(27(38)40-14-39-26(37)17(4)34)23-22-16(3)20(12-32(22)30-13-29-23)25(36)31-19-8-9-19/h6-7,11-13,17,19,34H,5,8-10,14H2,1-4H3,(H,28,35)(H,31,36). The monoisotopic (exact) mass is 552 g/mol. The number of carbonyl (C=O) groups excluding carboxylic acids is 4. The van der Waals surface area contributed by atoms with Gasteiger partial charge in [-0.3, -0.25) is 9.59 Å². The Balaban J connectivity index is 1.79. The van der Waals surface area contributed by atoms with Crippen LogP contribution in [0.3, 0.4) is 0 Å². The molecule has 13 heteroatoms. The molecule has 0 saturated heterocycles. The van der Waals surface area contributed by atoms with E-state index in [0.29, 0.717) is 34.3 Å². The smallest absolute Gasteiger partial charge is 0.423 e. The Hall–Kier alpha value is -4.52. The Labute approximate surface area is 230 Å². The molecule has 40 heavy (non-hydrogen) atoms. The fraction of sp³-hybridized carbons (Fsp3) is 0.407. The Bertz CT molecular complexity index is 1450.